The van der Waals surface area contributed by atoms with Crippen LogP contribution in [0.15, 0.2) is 24.3 Å². The monoisotopic (exact) mass is 233 g/mol. The second-order valence-electron chi connectivity index (χ2n) is 5.00. The van der Waals surface area contributed by atoms with Gasteiger partial charge in [0, 0.05) is 18.2 Å². The SMILES string of the molecule is CC(C)C1CCCN1C(=O)c1cccc(O)c1. The summed E-state index contributed by atoms with van der Waals surface area (Å²) in [7, 11) is 0. The normalized spacial score (nSPS) is 19.9. The fourth-order valence-electron chi connectivity index (χ4n) is 2.54. The number of rotatable bonds is 2. The largest absolute Gasteiger partial charge is 0.508 e. The van der Waals surface area contributed by atoms with Crippen LogP contribution in [-0.4, -0.2) is 28.5 Å². The van der Waals surface area contributed by atoms with Gasteiger partial charge < -0.3 is 10.0 Å². The van der Waals surface area contributed by atoms with Gasteiger partial charge in [0.15, 0.2) is 0 Å². The van der Waals surface area contributed by atoms with E-state index in [4.69, 9.17) is 0 Å². The molecule has 1 fully saturated rings. The molecule has 1 heterocycles. The Hall–Kier alpha value is -1.51. The summed E-state index contributed by atoms with van der Waals surface area (Å²) in [5.74, 6) is 0.673. The summed E-state index contributed by atoms with van der Waals surface area (Å²) in [5, 5.41) is 9.41. The standard InChI is InChI=1S/C14H19NO2/c1-10(2)13-7-4-8-15(13)14(17)11-5-3-6-12(16)9-11/h3,5-6,9-10,13,16H,4,7-8H2,1-2H3. The number of amides is 1. The molecule has 3 heteroatoms. The summed E-state index contributed by atoms with van der Waals surface area (Å²) in [6.07, 6.45) is 2.16. The van der Waals surface area contributed by atoms with E-state index in [0.29, 0.717) is 17.5 Å². The Morgan fingerprint density at radius 3 is 2.88 bits per heavy atom. The average molecular weight is 233 g/mol. The highest BCUT2D eigenvalue weighted by molar-refractivity contribution is 5.95. The Balaban J connectivity index is 2.20. The van der Waals surface area contributed by atoms with E-state index in [-0.39, 0.29) is 11.7 Å². The van der Waals surface area contributed by atoms with Gasteiger partial charge in [-0.3, -0.25) is 4.79 Å². The van der Waals surface area contributed by atoms with Gasteiger partial charge in [-0.15, -0.1) is 0 Å². The predicted molar refractivity (Wildman–Crippen MR) is 67.0 cm³/mol. The van der Waals surface area contributed by atoms with E-state index >= 15 is 0 Å². The fraction of sp³-hybridized carbons (Fsp3) is 0.500. The maximum Gasteiger partial charge on any atom is 0.254 e. The van der Waals surface area contributed by atoms with Crippen LogP contribution in [0.1, 0.15) is 37.0 Å². The van der Waals surface area contributed by atoms with E-state index in [2.05, 4.69) is 13.8 Å². The fourth-order valence-corrected chi connectivity index (χ4v) is 2.54. The van der Waals surface area contributed by atoms with Gasteiger partial charge >= 0.3 is 0 Å². The molecule has 1 aromatic rings. The highest BCUT2D eigenvalue weighted by atomic mass is 16.3. The molecule has 17 heavy (non-hydrogen) atoms. The van der Waals surface area contributed by atoms with Gasteiger partial charge in [-0.05, 0) is 37.0 Å². The van der Waals surface area contributed by atoms with Crippen molar-refractivity contribution < 1.29 is 9.90 Å². The van der Waals surface area contributed by atoms with E-state index in [1.54, 1.807) is 18.2 Å². The molecule has 1 aliphatic rings. The molecule has 1 unspecified atom stereocenters. The van der Waals surface area contributed by atoms with Gasteiger partial charge in [-0.25, -0.2) is 0 Å². The van der Waals surface area contributed by atoms with Crippen LogP contribution >= 0.6 is 0 Å². The number of phenols is 1. The molecule has 0 radical (unpaired) electrons. The van der Waals surface area contributed by atoms with Crippen LogP contribution in [0.5, 0.6) is 5.75 Å². The molecule has 1 amide bonds. The molecular formula is C14H19NO2. The average Bonchev–Trinajstić information content (AvgIpc) is 2.77. The molecule has 0 bridgehead atoms. The minimum absolute atomic E-state index is 0.0390. The quantitative estimate of drug-likeness (QED) is 0.853. The summed E-state index contributed by atoms with van der Waals surface area (Å²) in [5.41, 5.74) is 0.581. The van der Waals surface area contributed by atoms with Gasteiger partial charge in [0.25, 0.3) is 5.91 Å². The number of carbonyl (C=O) groups excluding carboxylic acids is 1. The van der Waals surface area contributed by atoms with E-state index < -0.39 is 0 Å². The first-order valence-electron chi connectivity index (χ1n) is 6.19. The van der Waals surface area contributed by atoms with Gasteiger partial charge in [-0.1, -0.05) is 19.9 Å². The molecule has 1 N–H and O–H groups in total. The number of phenolic OH excluding ortho intramolecular Hbond substituents is 1. The van der Waals surface area contributed by atoms with Crippen LogP contribution in [0.25, 0.3) is 0 Å². The van der Waals surface area contributed by atoms with Gasteiger partial charge in [-0.2, -0.15) is 0 Å². The van der Waals surface area contributed by atoms with E-state index in [9.17, 15) is 9.90 Å². The molecule has 0 saturated carbocycles. The molecule has 1 atom stereocenters. The van der Waals surface area contributed by atoms with Crippen molar-refractivity contribution in [3.05, 3.63) is 29.8 Å². The smallest absolute Gasteiger partial charge is 0.254 e. The van der Waals surface area contributed by atoms with Crippen LogP contribution in [0.2, 0.25) is 0 Å². The lowest BCUT2D eigenvalue weighted by molar-refractivity contribution is 0.0701. The van der Waals surface area contributed by atoms with Crippen LogP contribution < -0.4 is 0 Å². The van der Waals surface area contributed by atoms with Crippen molar-refractivity contribution in [3.63, 3.8) is 0 Å². The highest BCUT2D eigenvalue weighted by Crippen LogP contribution is 2.26. The minimum Gasteiger partial charge on any atom is -0.508 e. The maximum absolute atomic E-state index is 12.3. The third kappa shape index (κ3) is 2.43. The Morgan fingerprint density at radius 2 is 2.24 bits per heavy atom. The molecule has 0 aromatic heterocycles. The van der Waals surface area contributed by atoms with Crippen LogP contribution in [0.4, 0.5) is 0 Å². The second-order valence-corrected chi connectivity index (χ2v) is 5.00. The molecule has 2 rings (SSSR count). The van der Waals surface area contributed by atoms with Crippen molar-refractivity contribution in [2.24, 2.45) is 5.92 Å². The zero-order chi connectivity index (χ0) is 12.4. The van der Waals surface area contributed by atoms with Crippen molar-refractivity contribution in [1.29, 1.82) is 0 Å². The maximum atomic E-state index is 12.3. The first-order chi connectivity index (χ1) is 8.09. The molecule has 0 aliphatic carbocycles. The first-order valence-corrected chi connectivity index (χ1v) is 6.19. The lowest BCUT2D eigenvalue weighted by Gasteiger charge is -2.27. The van der Waals surface area contributed by atoms with E-state index in [0.717, 1.165) is 19.4 Å². The number of carbonyl (C=O) groups is 1. The molecule has 3 nitrogen and oxygen atoms in total. The van der Waals surface area contributed by atoms with Crippen molar-refractivity contribution >= 4 is 5.91 Å². The van der Waals surface area contributed by atoms with Crippen LogP contribution in [-0.2, 0) is 0 Å². The van der Waals surface area contributed by atoms with E-state index in [1.807, 2.05) is 4.90 Å². The number of hydrogen-bond acceptors (Lipinski definition) is 2. The summed E-state index contributed by atoms with van der Waals surface area (Å²) < 4.78 is 0. The van der Waals surface area contributed by atoms with Crippen molar-refractivity contribution in [2.45, 2.75) is 32.7 Å². The Labute approximate surface area is 102 Å². The summed E-state index contributed by atoms with van der Waals surface area (Å²) in [4.78, 5) is 14.3. The van der Waals surface area contributed by atoms with Crippen LogP contribution in [0.3, 0.4) is 0 Å². The summed E-state index contributed by atoms with van der Waals surface area (Å²) in [6.45, 7) is 5.13. The topological polar surface area (TPSA) is 40.5 Å². The molecule has 1 aliphatic heterocycles. The van der Waals surface area contributed by atoms with Gasteiger partial charge in [0.2, 0.25) is 0 Å². The van der Waals surface area contributed by atoms with Gasteiger partial charge in [0.1, 0.15) is 5.75 Å². The summed E-state index contributed by atoms with van der Waals surface area (Å²) >= 11 is 0. The van der Waals surface area contributed by atoms with Crippen molar-refractivity contribution in [1.82, 2.24) is 4.90 Å². The third-order valence-corrected chi connectivity index (χ3v) is 3.42. The molecule has 92 valence electrons. The Bertz CT molecular complexity index is 414. The number of likely N-dealkylation sites (tertiary alicyclic amines) is 1. The summed E-state index contributed by atoms with van der Waals surface area (Å²) in [6, 6.07) is 6.93. The Kier molecular flexibility index (Phi) is 3.36. The van der Waals surface area contributed by atoms with E-state index in [1.165, 1.54) is 6.07 Å². The van der Waals surface area contributed by atoms with Gasteiger partial charge in [0.05, 0.1) is 0 Å². The molecule has 0 spiro atoms. The van der Waals surface area contributed by atoms with Crippen molar-refractivity contribution in [3.8, 4) is 5.75 Å². The zero-order valence-electron chi connectivity index (χ0n) is 10.4. The molecular weight excluding hydrogens is 214 g/mol. The Morgan fingerprint density at radius 1 is 1.47 bits per heavy atom. The number of benzene rings is 1. The lowest BCUT2D eigenvalue weighted by Crippen LogP contribution is -2.38. The molecule has 1 saturated heterocycles. The highest BCUT2D eigenvalue weighted by Gasteiger charge is 2.31. The van der Waals surface area contributed by atoms with Crippen LogP contribution in [0, 0.1) is 5.92 Å². The number of nitrogens with zero attached hydrogens (tertiary/aromatic N) is 1. The third-order valence-electron chi connectivity index (χ3n) is 3.42. The molecule has 1 aromatic carbocycles. The minimum atomic E-state index is 0.0390. The van der Waals surface area contributed by atoms with Crippen molar-refractivity contribution in [2.75, 3.05) is 6.54 Å². The lowest BCUT2D eigenvalue weighted by atomic mass is 10.0. The predicted octanol–water partition coefficient (Wildman–Crippen LogP) is 2.65. The zero-order valence-corrected chi connectivity index (χ0v) is 10.4. The number of aromatic hydroxyl groups is 1. The number of hydrogen-bond donors (Lipinski definition) is 1. The first kappa shape index (κ1) is 12.0. The second kappa shape index (κ2) is 4.78.